The summed E-state index contributed by atoms with van der Waals surface area (Å²) in [7, 11) is 0. The Labute approximate surface area is 376 Å². The molecule has 316 valence electrons. The first-order valence-corrected chi connectivity index (χ1v) is 21.6. The Hall–Kier alpha value is -8.10. The van der Waals surface area contributed by atoms with Gasteiger partial charge < -0.3 is 9.80 Å². The van der Waals surface area contributed by atoms with Crippen LogP contribution >= 0.6 is 0 Å². The van der Waals surface area contributed by atoms with Crippen LogP contribution in [0.25, 0.3) is 50.7 Å². The Bertz CT molecular complexity index is 2960. The monoisotopic (exact) mass is 836 g/mol. The maximum Gasteiger partial charge on any atom is 0.113 e. The average Bonchev–Trinajstić information content (AvgIpc) is 3.98. The van der Waals surface area contributed by atoms with Gasteiger partial charge in [0.1, 0.15) is 22.1 Å². The number of nitrogens with zero attached hydrogens (tertiary/aromatic N) is 8. The van der Waals surface area contributed by atoms with E-state index >= 15 is 0 Å². The zero-order valence-corrected chi connectivity index (χ0v) is 36.8. The Kier molecular flexibility index (Phi) is 13.4. The number of allylic oxidation sites excluding steroid dienone is 10. The van der Waals surface area contributed by atoms with Crippen LogP contribution < -0.4 is 9.80 Å². The third-order valence-electron chi connectivity index (χ3n) is 11.1. The summed E-state index contributed by atoms with van der Waals surface area (Å²) >= 11 is 0. The molecule has 8 rings (SSSR count). The van der Waals surface area contributed by atoms with E-state index < -0.39 is 0 Å². The first-order chi connectivity index (χ1) is 31.4. The molecule has 0 radical (unpaired) electrons. The van der Waals surface area contributed by atoms with E-state index in [-0.39, 0.29) is 0 Å². The van der Waals surface area contributed by atoms with Crippen molar-refractivity contribution in [3.05, 3.63) is 224 Å². The molecule has 0 aliphatic carbocycles. The number of fused-ring (bicyclic) bond motifs is 2. The molecule has 64 heavy (non-hydrogen) atoms. The summed E-state index contributed by atoms with van der Waals surface area (Å²) < 4.78 is 0. The van der Waals surface area contributed by atoms with Crippen LogP contribution in [0.3, 0.4) is 0 Å². The van der Waals surface area contributed by atoms with Gasteiger partial charge in [0.05, 0.1) is 11.4 Å². The number of hydrogen-bond donors (Lipinski definition) is 0. The smallest absolute Gasteiger partial charge is 0.113 e. The topological polar surface area (TPSA) is 67.9 Å². The predicted octanol–water partition coefficient (Wildman–Crippen LogP) is 13.9. The van der Waals surface area contributed by atoms with Crippen molar-refractivity contribution in [2.45, 2.75) is 27.7 Å². The van der Waals surface area contributed by atoms with Crippen molar-refractivity contribution in [1.82, 2.24) is 30.0 Å². The van der Waals surface area contributed by atoms with Gasteiger partial charge in [0.2, 0.25) is 0 Å². The molecule has 0 atom stereocenters. The number of hydrogen-bond acceptors (Lipinski definition) is 6. The van der Waals surface area contributed by atoms with E-state index in [1.54, 1.807) is 15.7 Å². The van der Waals surface area contributed by atoms with E-state index in [1.807, 2.05) is 74.5 Å². The van der Waals surface area contributed by atoms with Crippen molar-refractivity contribution in [2.75, 3.05) is 22.9 Å². The van der Waals surface area contributed by atoms with E-state index in [1.165, 1.54) is 11.1 Å². The van der Waals surface area contributed by atoms with Gasteiger partial charge in [0.15, 0.2) is 0 Å². The van der Waals surface area contributed by atoms with Crippen LogP contribution in [-0.4, -0.2) is 43.1 Å². The summed E-state index contributed by atoms with van der Waals surface area (Å²) in [6, 6.07) is 50.5. The quantitative estimate of drug-likeness (QED) is 0.0903. The van der Waals surface area contributed by atoms with Gasteiger partial charge in [-0.1, -0.05) is 122 Å². The van der Waals surface area contributed by atoms with E-state index in [0.29, 0.717) is 13.1 Å². The van der Waals surface area contributed by atoms with Crippen molar-refractivity contribution in [1.29, 1.82) is 0 Å². The maximum absolute atomic E-state index is 4.70. The lowest BCUT2D eigenvalue weighted by atomic mass is 10.0. The maximum atomic E-state index is 4.70. The highest BCUT2D eigenvalue weighted by Gasteiger charge is 2.13. The van der Waals surface area contributed by atoms with Crippen molar-refractivity contribution in [3.8, 4) is 16.8 Å². The zero-order chi connectivity index (χ0) is 44.3. The summed E-state index contributed by atoms with van der Waals surface area (Å²) in [5.74, 6) is 0. The van der Waals surface area contributed by atoms with Gasteiger partial charge in [0, 0.05) is 35.8 Å². The molecule has 8 aromatic rings. The molecule has 0 fully saturated rings. The molecule has 0 N–H and O–H groups in total. The molecule has 8 heteroatoms. The summed E-state index contributed by atoms with van der Waals surface area (Å²) in [6.07, 6.45) is 20.7. The first kappa shape index (κ1) is 42.6. The highest BCUT2D eigenvalue weighted by Crippen LogP contribution is 2.32. The number of anilines is 4. The second-order valence-electron chi connectivity index (χ2n) is 15.4. The fraction of sp³-hybridized carbons (Fsp3) is 0.107. The second kappa shape index (κ2) is 20.2. The minimum Gasteiger partial charge on any atom is -0.338 e. The van der Waals surface area contributed by atoms with Crippen LogP contribution in [0, 0.1) is 0 Å². The summed E-state index contributed by atoms with van der Waals surface area (Å²) in [4.78, 5) is 8.04. The molecule has 8 nitrogen and oxygen atoms in total. The molecule has 0 spiro atoms. The normalized spacial score (nSPS) is 12.7. The molecule has 0 amide bonds. The molecule has 6 aromatic carbocycles. The van der Waals surface area contributed by atoms with Gasteiger partial charge in [-0.15, -0.1) is 20.4 Å². The van der Waals surface area contributed by atoms with Crippen molar-refractivity contribution < 1.29 is 0 Å². The second-order valence-corrected chi connectivity index (χ2v) is 15.4. The van der Waals surface area contributed by atoms with Crippen LogP contribution in [-0.2, 0) is 0 Å². The summed E-state index contributed by atoms with van der Waals surface area (Å²) in [5.41, 5.74) is 15.5. The van der Waals surface area contributed by atoms with Crippen molar-refractivity contribution >= 4 is 56.6 Å². The fourth-order valence-electron chi connectivity index (χ4n) is 7.45. The molecule has 0 unspecified atom stereocenters. The largest absolute Gasteiger partial charge is 0.338 e. The molecular formula is C56H52N8. The third-order valence-corrected chi connectivity index (χ3v) is 11.1. The van der Waals surface area contributed by atoms with Gasteiger partial charge in [0.25, 0.3) is 0 Å². The standard InChI is InChI=1S/C56H52N8/c1-6-9-18-44-24-30-48(31-25-44)62(41-15-19-47(8-3)63-57-53-20-10-11-21-54(53)58-63)50-34-28-46(29-35-50)45-26-32-49(33-27-45)61(40-14-17-43(5)42(4)16-7-2)51-36-38-52(39-37-51)64-59-55-22-12-13-23-56(55)60-64/h6-39H,1,40-41H2,2-5H3/b16-7-,17-14-,18-9-,19-15-,43-42+,47-8+. The van der Waals surface area contributed by atoms with Crippen LogP contribution in [0.4, 0.5) is 22.7 Å². The van der Waals surface area contributed by atoms with Crippen molar-refractivity contribution in [2.24, 2.45) is 0 Å². The van der Waals surface area contributed by atoms with Crippen LogP contribution in [0.15, 0.2) is 218 Å². The highest BCUT2D eigenvalue weighted by molar-refractivity contribution is 5.76. The SMILES string of the molecule is C=C/C=C\c1ccc(N(C/C=C\C(=C/C)n2nc3ccccc3n2)c2ccc(-c3ccc(N(C\C=C/C(C)=C(C)/C=C\C)c4ccc(-n5nc6ccccc6n5)cc4)cc3)cc2)cc1. The third kappa shape index (κ3) is 9.99. The fourth-order valence-corrected chi connectivity index (χ4v) is 7.45. The molecule has 0 saturated heterocycles. The van der Waals surface area contributed by atoms with E-state index in [4.69, 9.17) is 10.2 Å². The minimum atomic E-state index is 0.638. The predicted molar refractivity (Wildman–Crippen MR) is 269 cm³/mol. The average molecular weight is 837 g/mol. The summed E-state index contributed by atoms with van der Waals surface area (Å²) in [5, 5.41) is 18.8. The molecule has 2 aromatic heterocycles. The van der Waals surface area contributed by atoms with Gasteiger partial charge in [-0.05, 0) is 147 Å². The highest BCUT2D eigenvalue weighted by atomic mass is 15.5. The van der Waals surface area contributed by atoms with Gasteiger partial charge in [-0.3, -0.25) is 0 Å². The number of aromatic nitrogens is 6. The lowest BCUT2D eigenvalue weighted by Crippen LogP contribution is -2.17. The first-order valence-electron chi connectivity index (χ1n) is 21.6. The lowest BCUT2D eigenvalue weighted by Gasteiger charge is -2.25. The van der Waals surface area contributed by atoms with Crippen molar-refractivity contribution in [3.63, 3.8) is 0 Å². The Morgan fingerprint density at radius 3 is 1.44 bits per heavy atom. The molecule has 0 aliphatic rings. The molecule has 0 aliphatic heterocycles. The Morgan fingerprint density at radius 1 is 0.531 bits per heavy atom. The molecular weight excluding hydrogens is 785 g/mol. The van der Waals surface area contributed by atoms with E-state index in [2.05, 4.69) is 180 Å². The number of benzene rings is 6. The lowest BCUT2D eigenvalue weighted by molar-refractivity contribution is 0.765. The van der Waals surface area contributed by atoms with Crippen LogP contribution in [0.1, 0.15) is 33.3 Å². The summed E-state index contributed by atoms with van der Waals surface area (Å²) in [6.45, 7) is 13.5. The molecule has 0 saturated carbocycles. The molecule has 0 bridgehead atoms. The molecule has 2 heterocycles. The Morgan fingerprint density at radius 2 is 0.969 bits per heavy atom. The van der Waals surface area contributed by atoms with E-state index in [0.717, 1.165) is 72.9 Å². The van der Waals surface area contributed by atoms with Gasteiger partial charge >= 0.3 is 0 Å². The van der Waals surface area contributed by atoms with Gasteiger partial charge in [-0.25, -0.2) is 0 Å². The minimum absolute atomic E-state index is 0.638. The van der Waals surface area contributed by atoms with Crippen LogP contribution in [0.2, 0.25) is 0 Å². The van der Waals surface area contributed by atoms with E-state index in [9.17, 15) is 0 Å². The Balaban J connectivity index is 1.04. The zero-order valence-electron chi connectivity index (χ0n) is 36.8. The van der Waals surface area contributed by atoms with Gasteiger partial charge in [-0.2, -0.15) is 9.59 Å². The number of rotatable bonds is 16. The van der Waals surface area contributed by atoms with Crippen LogP contribution in [0.5, 0.6) is 0 Å².